The van der Waals surface area contributed by atoms with E-state index >= 15 is 0 Å². The molecule has 1 fully saturated rings. The van der Waals surface area contributed by atoms with E-state index in [9.17, 15) is 26.7 Å². The molecule has 3 rings (SSSR count). The monoisotopic (exact) mass is 474 g/mol. The Kier molecular flexibility index (Phi) is 6.74. The molecule has 0 N–H and O–H groups in total. The maximum Gasteiger partial charge on any atom is 0.490 e. The van der Waals surface area contributed by atoms with Gasteiger partial charge in [-0.3, -0.25) is 0 Å². The normalized spacial score (nSPS) is 16.7. The predicted octanol–water partition coefficient (Wildman–Crippen LogP) is 6.05. The number of esters is 1. The largest absolute Gasteiger partial charge is 0.490 e. The Hall–Kier alpha value is -2.36. The number of anilines is 1. The van der Waals surface area contributed by atoms with Gasteiger partial charge in [-0.05, 0) is 48.6 Å². The Labute approximate surface area is 187 Å². The van der Waals surface area contributed by atoms with Gasteiger partial charge in [0.15, 0.2) is 0 Å². The first kappa shape index (κ1) is 24.3. The van der Waals surface area contributed by atoms with Crippen molar-refractivity contribution in [3.05, 3.63) is 42.1 Å². The highest BCUT2D eigenvalue weighted by Gasteiger charge is 2.46. The van der Waals surface area contributed by atoms with Gasteiger partial charge >= 0.3 is 12.1 Å². The third-order valence-electron chi connectivity index (χ3n) is 5.47. The van der Waals surface area contributed by atoms with Crippen LogP contribution in [0.2, 0.25) is 0 Å². The fourth-order valence-electron chi connectivity index (χ4n) is 3.59. The Balaban J connectivity index is 1.78. The zero-order chi connectivity index (χ0) is 23.7. The lowest BCUT2D eigenvalue weighted by Crippen LogP contribution is -2.47. The SMILES string of the molecule is CSc1ccc(-c2ccnc(N3CCC(C)(OC(=O)C(F)(F)F)CC3)c2)cc1C(C)(F)F. The number of ether oxygens (including phenoxy) is 1. The van der Waals surface area contributed by atoms with Gasteiger partial charge in [0, 0.05) is 49.5 Å². The summed E-state index contributed by atoms with van der Waals surface area (Å²) in [5, 5.41) is 0. The van der Waals surface area contributed by atoms with Crippen LogP contribution in [0.4, 0.5) is 27.8 Å². The van der Waals surface area contributed by atoms with Crippen molar-refractivity contribution in [3.63, 3.8) is 0 Å². The standard InChI is InChI=1S/C22H23F5N2O2S/c1-20(31-19(30)22(25,26)27)7-10-29(11-8-20)18-13-15(6-9-28-18)14-4-5-17(32-3)16(12-14)21(2,23)24/h4-6,9,12-13H,7-8,10-11H2,1-3H3. The maximum atomic E-state index is 14.1. The van der Waals surface area contributed by atoms with Crippen molar-refractivity contribution in [1.82, 2.24) is 4.98 Å². The predicted molar refractivity (Wildman–Crippen MR) is 113 cm³/mol. The van der Waals surface area contributed by atoms with Crippen molar-refractivity contribution in [1.29, 1.82) is 0 Å². The highest BCUT2D eigenvalue weighted by atomic mass is 32.2. The molecule has 0 saturated carbocycles. The molecular weight excluding hydrogens is 451 g/mol. The summed E-state index contributed by atoms with van der Waals surface area (Å²) in [5.41, 5.74) is 0.0469. The molecule has 4 nitrogen and oxygen atoms in total. The number of halogens is 5. The third-order valence-corrected chi connectivity index (χ3v) is 6.26. The molecule has 1 saturated heterocycles. The quantitative estimate of drug-likeness (QED) is 0.300. The van der Waals surface area contributed by atoms with E-state index in [0.29, 0.717) is 34.9 Å². The number of carbonyl (C=O) groups excluding carboxylic acids is 1. The number of rotatable bonds is 5. The Morgan fingerprint density at radius 3 is 2.28 bits per heavy atom. The number of pyridine rings is 1. The van der Waals surface area contributed by atoms with E-state index in [2.05, 4.69) is 4.98 Å². The van der Waals surface area contributed by atoms with E-state index in [0.717, 1.165) is 6.92 Å². The second-order valence-corrected chi connectivity index (χ2v) is 8.88. The molecule has 10 heteroatoms. The van der Waals surface area contributed by atoms with Crippen LogP contribution in [0, 0.1) is 0 Å². The molecule has 0 amide bonds. The summed E-state index contributed by atoms with van der Waals surface area (Å²) in [5.74, 6) is -4.61. The molecule has 0 spiro atoms. The zero-order valence-corrected chi connectivity index (χ0v) is 18.6. The highest BCUT2D eigenvalue weighted by Crippen LogP contribution is 2.38. The molecule has 2 aromatic rings. The molecule has 1 aromatic heterocycles. The second kappa shape index (κ2) is 8.88. The van der Waals surface area contributed by atoms with Gasteiger partial charge in [-0.1, -0.05) is 6.07 Å². The minimum Gasteiger partial charge on any atom is -0.453 e. The van der Waals surface area contributed by atoms with Crippen LogP contribution in [0.25, 0.3) is 11.1 Å². The molecule has 174 valence electrons. The molecule has 0 radical (unpaired) electrons. The summed E-state index contributed by atoms with van der Waals surface area (Å²) in [6, 6.07) is 8.37. The number of nitrogens with zero attached hydrogens (tertiary/aromatic N) is 2. The van der Waals surface area contributed by atoms with Gasteiger partial charge in [0.05, 0.1) is 0 Å². The zero-order valence-electron chi connectivity index (χ0n) is 17.8. The summed E-state index contributed by atoms with van der Waals surface area (Å²) in [7, 11) is 0. The Morgan fingerprint density at radius 1 is 1.09 bits per heavy atom. The highest BCUT2D eigenvalue weighted by molar-refractivity contribution is 7.98. The third kappa shape index (κ3) is 5.51. The van der Waals surface area contributed by atoms with Gasteiger partial charge in [0.25, 0.3) is 5.92 Å². The van der Waals surface area contributed by atoms with Crippen LogP contribution in [-0.4, -0.2) is 42.1 Å². The first-order valence-corrected chi connectivity index (χ1v) is 11.1. The minimum absolute atomic E-state index is 0.0546. The van der Waals surface area contributed by atoms with Crippen LogP contribution in [0.1, 0.15) is 32.3 Å². The number of alkyl halides is 5. The topological polar surface area (TPSA) is 42.4 Å². The number of carbonyl (C=O) groups is 1. The number of piperidine rings is 1. The fourth-order valence-corrected chi connectivity index (χ4v) is 4.26. The first-order chi connectivity index (χ1) is 14.8. The van der Waals surface area contributed by atoms with Gasteiger partial charge < -0.3 is 9.64 Å². The van der Waals surface area contributed by atoms with Gasteiger partial charge in [0.2, 0.25) is 0 Å². The number of hydrogen-bond donors (Lipinski definition) is 0. The van der Waals surface area contributed by atoms with Gasteiger partial charge in [-0.2, -0.15) is 13.2 Å². The number of benzene rings is 1. The molecule has 0 atom stereocenters. The van der Waals surface area contributed by atoms with Gasteiger partial charge in [-0.15, -0.1) is 11.8 Å². The molecule has 1 aromatic carbocycles. The molecule has 32 heavy (non-hydrogen) atoms. The first-order valence-electron chi connectivity index (χ1n) is 9.90. The van der Waals surface area contributed by atoms with E-state index in [1.165, 1.54) is 24.8 Å². The van der Waals surface area contributed by atoms with Crippen molar-refractivity contribution in [2.45, 2.75) is 49.3 Å². The Bertz CT molecular complexity index is 983. The molecule has 0 aliphatic carbocycles. The molecule has 0 unspecified atom stereocenters. The second-order valence-electron chi connectivity index (χ2n) is 8.03. The number of hydrogen-bond acceptors (Lipinski definition) is 5. The van der Waals surface area contributed by atoms with Crippen molar-refractivity contribution in [2.24, 2.45) is 0 Å². The summed E-state index contributed by atoms with van der Waals surface area (Å²) in [6.45, 7) is 3.02. The number of thioether (sulfide) groups is 1. The maximum absolute atomic E-state index is 14.1. The lowest BCUT2D eigenvalue weighted by atomic mass is 9.93. The molecular formula is C22H23F5N2O2S. The van der Waals surface area contributed by atoms with Crippen LogP contribution in [0.3, 0.4) is 0 Å². The van der Waals surface area contributed by atoms with E-state index in [-0.39, 0.29) is 18.4 Å². The van der Waals surface area contributed by atoms with Crippen molar-refractivity contribution in [3.8, 4) is 11.1 Å². The lowest BCUT2D eigenvalue weighted by Gasteiger charge is -2.39. The average Bonchev–Trinajstić information content (AvgIpc) is 2.72. The minimum atomic E-state index is -5.03. The van der Waals surface area contributed by atoms with E-state index < -0.39 is 23.7 Å². The summed E-state index contributed by atoms with van der Waals surface area (Å²) in [6.07, 6.45) is -1.32. The van der Waals surface area contributed by atoms with Crippen LogP contribution in [0.15, 0.2) is 41.4 Å². The van der Waals surface area contributed by atoms with Crippen molar-refractivity contribution < 1.29 is 31.5 Å². The molecule has 1 aliphatic heterocycles. The van der Waals surface area contributed by atoms with Crippen molar-refractivity contribution >= 4 is 23.5 Å². The summed E-state index contributed by atoms with van der Waals surface area (Å²) in [4.78, 5) is 17.9. The van der Waals surface area contributed by atoms with E-state index in [1.54, 1.807) is 36.7 Å². The average molecular weight is 474 g/mol. The van der Waals surface area contributed by atoms with Crippen LogP contribution < -0.4 is 4.90 Å². The number of aromatic nitrogens is 1. The van der Waals surface area contributed by atoms with Crippen LogP contribution in [0.5, 0.6) is 0 Å². The van der Waals surface area contributed by atoms with E-state index in [1.807, 2.05) is 4.90 Å². The fraction of sp³-hybridized carbons (Fsp3) is 0.455. The van der Waals surface area contributed by atoms with Gasteiger partial charge in [-0.25, -0.2) is 18.6 Å². The summed E-state index contributed by atoms with van der Waals surface area (Å²) >= 11 is 1.25. The molecule has 1 aliphatic rings. The van der Waals surface area contributed by atoms with Crippen molar-refractivity contribution in [2.75, 3.05) is 24.2 Å². The van der Waals surface area contributed by atoms with Crippen LogP contribution in [-0.2, 0) is 15.5 Å². The van der Waals surface area contributed by atoms with E-state index in [4.69, 9.17) is 4.74 Å². The van der Waals surface area contributed by atoms with Crippen LogP contribution >= 0.6 is 11.8 Å². The molecule has 2 heterocycles. The van der Waals surface area contributed by atoms with Gasteiger partial charge in [0.1, 0.15) is 11.4 Å². The lowest BCUT2D eigenvalue weighted by molar-refractivity contribution is -0.214. The Morgan fingerprint density at radius 2 is 1.72 bits per heavy atom. The molecule has 0 bridgehead atoms. The summed E-state index contributed by atoms with van der Waals surface area (Å²) < 4.78 is 70.4. The smallest absolute Gasteiger partial charge is 0.453 e.